The van der Waals surface area contributed by atoms with Crippen LogP contribution in [0, 0.1) is 6.92 Å². The van der Waals surface area contributed by atoms with Crippen molar-refractivity contribution in [1.82, 2.24) is 5.32 Å². The number of hydrogen-bond acceptors (Lipinski definition) is 3. The highest BCUT2D eigenvalue weighted by Crippen LogP contribution is 2.30. The number of benzene rings is 1. The summed E-state index contributed by atoms with van der Waals surface area (Å²) in [6.07, 6.45) is 2.09. The number of aryl methyl sites for hydroxylation is 1. The monoisotopic (exact) mass is 204 g/mol. The first-order valence-electron chi connectivity index (χ1n) is 5.04. The van der Waals surface area contributed by atoms with Crippen LogP contribution in [0.25, 0.3) is 0 Å². The molecule has 0 unspecified atom stereocenters. The molecule has 1 N–H and O–H groups in total. The molecule has 0 bridgehead atoms. The molecular formula is C12H16N2O. The standard InChI is InChI=1S/C12H16N2O/c1-9-4-5-11(12(6-9)15-3)14-7-10(2)13-8-14/h4-7,13H,8H2,1-3H3. The zero-order chi connectivity index (χ0) is 10.8. The second-order valence-corrected chi connectivity index (χ2v) is 3.79. The average Bonchev–Trinajstić information content (AvgIpc) is 2.64. The lowest BCUT2D eigenvalue weighted by molar-refractivity contribution is 0.415. The number of nitrogens with one attached hydrogen (secondary N) is 1. The van der Waals surface area contributed by atoms with Crippen LogP contribution in [-0.2, 0) is 0 Å². The Labute approximate surface area is 90.3 Å². The lowest BCUT2D eigenvalue weighted by Gasteiger charge is -2.18. The third kappa shape index (κ3) is 1.91. The second kappa shape index (κ2) is 3.85. The van der Waals surface area contributed by atoms with Gasteiger partial charge < -0.3 is 15.0 Å². The lowest BCUT2D eigenvalue weighted by atomic mass is 10.2. The normalized spacial score (nSPS) is 14.9. The van der Waals surface area contributed by atoms with Crippen LogP contribution in [0.15, 0.2) is 30.1 Å². The first-order valence-corrected chi connectivity index (χ1v) is 5.04. The molecule has 1 aromatic carbocycles. The number of ether oxygens (including phenoxy) is 1. The molecule has 0 saturated carbocycles. The van der Waals surface area contributed by atoms with Gasteiger partial charge in [-0.2, -0.15) is 0 Å². The van der Waals surface area contributed by atoms with E-state index >= 15 is 0 Å². The molecule has 1 aliphatic heterocycles. The summed E-state index contributed by atoms with van der Waals surface area (Å²) in [5, 5.41) is 3.27. The Balaban J connectivity index is 2.35. The van der Waals surface area contributed by atoms with Crippen molar-refractivity contribution in [3.8, 4) is 5.75 Å². The van der Waals surface area contributed by atoms with Crippen LogP contribution in [-0.4, -0.2) is 13.8 Å². The fourth-order valence-electron chi connectivity index (χ4n) is 1.71. The Morgan fingerprint density at radius 3 is 2.73 bits per heavy atom. The summed E-state index contributed by atoms with van der Waals surface area (Å²) >= 11 is 0. The molecule has 0 spiro atoms. The van der Waals surface area contributed by atoms with Crippen LogP contribution in [0.3, 0.4) is 0 Å². The van der Waals surface area contributed by atoms with Gasteiger partial charge in [-0.1, -0.05) is 6.07 Å². The van der Waals surface area contributed by atoms with Gasteiger partial charge in [0.1, 0.15) is 5.75 Å². The van der Waals surface area contributed by atoms with Crippen molar-refractivity contribution >= 4 is 5.69 Å². The Morgan fingerprint density at radius 2 is 2.13 bits per heavy atom. The zero-order valence-corrected chi connectivity index (χ0v) is 9.37. The minimum absolute atomic E-state index is 0.811. The minimum atomic E-state index is 0.811. The third-order valence-corrected chi connectivity index (χ3v) is 2.52. The van der Waals surface area contributed by atoms with E-state index in [1.807, 2.05) is 0 Å². The van der Waals surface area contributed by atoms with Crippen molar-refractivity contribution in [2.24, 2.45) is 0 Å². The van der Waals surface area contributed by atoms with E-state index < -0.39 is 0 Å². The summed E-state index contributed by atoms with van der Waals surface area (Å²) < 4.78 is 5.38. The van der Waals surface area contributed by atoms with Gasteiger partial charge in [-0.3, -0.25) is 0 Å². The van der Waals surface area contributed by atoms with Crippen molar-refractivity contribution in [3.05, 3.63) is 35.7 Å². The molecule has 0 radical (unpaired) electrons. The van der Waals surface area contributed by atoms with Crippen LogP contribution in [0.5, 0.6) is 5.75 Å². The second-order valence-electron chi connectivity index (χ2n) is 3.79. The molecule has 3 heteroatoms. The number of methoxy groups -OCH3 is 1. The average molecular weight is 204 g/mol. The predicted octanol–water partition coefficient (Wildman–Crippen LogP) is 2.23. The minimum Gasteiger partial charge on any atom is -0.495 e. The summed E-state index contributed by atoms with van der Waals surface area (Å²) in [7, 11) is 1.71. The molecule has 1 heterocycles. The number of allylic oxidation sites excluding steroid dienone is 1. The van der Waals surface area contributed by atoms with E-state index in [1.54, 1.807) is 7.11 Å². The molecule has 0 amide bonds. The van der Waals surface area contributed by atoms with Gasteiger partial charge in [0.25, 0.3) is 0 Å². The first kappa shape index (κ1) is 9.90. The van der Waals surface area contributed by atoms with Gasteiger partial charge in [-0.05, 0) is 31.5 Å². The summed E-state index contributed by atoms with van der Waals surface area (Å²) in [5.74, 6) is 0.919. The summed E-state index contributed by atoms with van der Waals surface area (Å²) in [4.78, 5) is 2.15. The summed E-state index contributed by atoms with van der Waals surface area (Å²) in [6.45, 7) is 4.93. The molecular weight excluding hydrogens is 188 g/mol. The zero-order valence-electron chi connectivity index (χ0n) is 9.37. The quantitative estimate of drug-likeness (QED) is 0.799. The van der Waals surface area contributed by atoms with Gasteiger partial charge in [0.2, 0.25) is 0 Å². The topological polar surface area (TPSA) is 24.5 Å². The van der Waals surface area contributed by atoms with Gasteiger partial charge in [0, 0.05) is 11.9 Å². The Kier molecular flexibility index (Phi) is 2.54. The van der Waals surface area contributed by atoms with Crippen molar-refractivity contribution in [3.63, 3.8) is 0 Å². The van der Waals surface area contributed by atoms with Crippen LogP contribution in [0.4, 0.5) is 5.69 Å². The maximum atomic E-state index is 5.38. The highest BCUT2D eigenvalue weighted by molar-refractivity contribution is 5.62. The molecule has 1 aliphatic rings. The molecule has 0 aromatic heterocycles. The van der Waals surface area contributed by atoms with E-state index in [-0.39, 0.29) is 0 Å². The molecule has 15 heavy (non-hydrogen) atoms. The van der Waals surface area contributed by atoms with Crippen LogP contribution < -0.4 is 15.0 Å². The highest BCUT2D eigenvalue weighted by Gasteiger charge is 2.14. The maximum absolute atomic E-state index is 5.38. The summed E-state index contributed by atoms with van der Waals surface area (Å²) in [5.41, 5.74) is 3.49. The number of rotatable bonds is 2. The fourth-order valence-corrected chi connectivity index (χ4v) is 1.71. The predicted molar refractivity (Wildman–Crippen MR) is 62.0 cm³/mol. The van der Waals surface area contributed by atoms with Gasteiger partial charge in [0.05, 0.1) is 19.5 Å². The van der Waals surface area contributed by atoms with Crippen LogP contribution in [0.1, 0.15) is 12.5 Å². The van der Waals surface area contributed by atoms with E-state index in [0.717, 1.165) is 18.1 Å². The van der Waals surface area contributed by atoms with Crippen molar-refractivity contribution in [2.75, 3.05) is 18.7 Å². The maximum Gasteiger partial charge on any atom is 0.142 e. The lowest BCUT2D eigenvalue weighted by Crippen LogP contribution is -2.20. The smallest absolute Gasteiger partial charge is 0.142 e. The number of nitrogens with zero attached hydrogens (tertiary/aromatic N) is 1. The van der Waals surface area contributed by atoms with Crippen LogP contribution >= 0.6 is 0 Å². The van der Waals surface area contributed by atoms with E-state index in [1.165, 1.54) is 11.3 Å². The molecule has 1 aromatic rings. The highest BCUT2D eigenvalue weighted by atomic mass is 16.5. The third-order valence-electron chi connectivity index (χ3n) is 2.52. The van der Waals surface area contributed by atoms with Gasteiger partial charge in [0.15, 0.2) is 0 Å². The largest absolute Gasteiger partial charge is 0.495 e. The van der Waals surface area contributed by atoms with E-state index in [9.17, 15) is 0 Å². The Hall–Kier alpha value is -1.64. The number of hydrogen-bond donors (Lipinski definition) is 1. The van der Waals surface area contributed by atoms with E-state index in [4.69, 9.17) is 4.74 Å². The molecule has 0 saturated heterocycles. The van der Waals surface area contributed by atoms with E-state index in [0.29, 0.717) is 0 Å². The first-order chi connectivity index (χ1) is 7.20. The molecule has 0 atom stereocenters. The Morgan fingerprint density at radius 1 is 1.33 bits per heavy atom. The van der Waals surface area contributed by atoms with Crippen molar-refractivity contribution in [1.29, 1.82) is 0 Å². The summed E-state index contributed by atoms with van der Waals surface area (Å²) in [6, 6.07) is 6.24. The van der Waals surface area contributed by atoms with Crippen molar-refractivity contribution in [2.45, 2.75) is 13.8 Å². The van der Waals surface area contributed by atoms with E-state index in [2.05, 4.69) is 48.5 Å². The molecule has 3 nitrogen and oxygen atoms in total. The fraction of sp³-hybridized carbons (Fsp3) is 0.333. The molecule has 2 rings (SSSR count). The van der Waals surface area contributed by atoms with Gasteiger partial charge in [-0.25, -0.2) is 0 Å². The number of anilines is 1. The molecule has 0 aliphatic carbocycles. The molecule has 0 fully saturated rings. The molecule has 80 valence electrons. The van der Waals surface area contributed by atoms with Crippen LogP contribution in [0.2, 0.25) is 0 Å². The van der Waals surface area contributed by atoms with Gasteiger partial charge in [-0.15, -0.1) is 0 Å². The van der Waals surface area contributed by atoms with Gasteiger partial charge >= 0.3 is 0 Å². The Bertz CT molecular complexity index is 399. The SMILES string of the molecule is COc1cc(C)ccc1N1C=C(C)NC1. The van der Waals surface area contributed by atoms with Crippen molar-refractivity contribution < 1.29 is 4.74 Å².